The van der Waals surface area contributed by atoms with Crippen LogP contribution in [0.2, 0.25) is 0 Å². The number of aromatic amines is 1. The summed E-state index contributed by atoms with van der Waals surface area (Å²) in [6.45, 7) is 10.3. The number of allylic oxidation sites excluding steroid dienone is 1. The fourth-order valence-electron chi connectivity index (χ4n) is 4.17. The summed E-state index contributed by atoms with van der Waals surface area (Å²) in [6, 6.07) is 19.6. The normalized spacial score (nSPS) is 16.6. The number of dihydropyridines is 1. The molecule has 0 aliphatic carbocycles. The van der Waals surface area contributed by atoms with Gasteiger partial charge < -0.3 is 15.2 Å². The van der Waals surface area contributed by atoms with Gasteiger partial charge in [0.15, 0.2) is 0 Å². The van der Waals surface area contributed by atoms with Gasteiger partial charge in [0.1, 0.15) is 0 Å². The maximum absolute atomic E-state index is 3.61. The third-order valence-electron chi connectivity index (χ3n) is 5.72. The monoisotopic (exact) mass is 402 g/mol. The van der Waals surface area contributed by atoms with E-state index in [0.29, 0.717) is 0 Å². The van der Waals surface area contributed by atoms with E-state index in [2.05, 4.69) is 93.0 Å². The number of piperazine rings is 1. The molecule has 5 rings (SSSR count). The van der Waals surface area contributed by atoms with Gasteiger partial charge in [-0.15, -0.1) is 0 Å². The Kier molecular flexibility index (Phi) is 6.55. The van der Waals surface area contributed by atoms with Gasteiger partial charge in [-0.3, -0.25) is 4.90 Å². The first kappa shape index (κ1) is 20.3. The minimum atomic E-state index is 0. The molecule has 1 saturated heterocycles. The topological polar surface area (TPSA) is 34.3 Å². The molecule has 3 aromatic rings. The van der Waals surface area contributed by atoms with E-state index < -0.39 is 0 Å². The standard InChI is InChI=1S/C24H26N4.C2H6.H2/c1-2-4-19(5-3-1)20-6-7-24-21(16-20)17-22(26-24)18-27-12-14-28(15-13-27)23-8-10-25-11-9-23;1-2;/h1-10,16-17,25-26H,11-15,18H2;1-2H3;1H. The van der Waals surface area contributed by atoms with Gasteiger partial charge in [-0.25, -0.2) is 0 Å². The van der Waals surface area contributed by atoms with Gasteiger partial charge in [0.2, 0.25) is 0 Å². The van der Waals surface area contributed by atoms with Gasteiger partial charge in [-0.2, -0.15) is 0 Å². The number of aromatic nitrogens is 1. The zero-order valence-corrected chi connectivity index (χ0v) is 18.1. The van der Waals surface area contributed by atoms with Crippen molar-refractivity contribution in [3.8, 4) is 11.1 Å². The molecular weight excluding hydrogens is 368 g/mol. The zero-order valence-electron chi connectivity index (χ0n) is 18.1. The van der Waals surface area contributed by atoms with Crippen molar-refractivity contribution < 1.29 is 1.43 Å². The third-order valence-corrected chi connectivity index (χ3v) is 5.72. The molecule has 0 unspecified atom stereocenters. The number of rotatable bonds is 4. The molecule has 0 radical (unpaired) electrons. The molecule has 3 heterocycles. The van der Waals surface area contributed by atoms with Crippen LogP contribution in [-0.2, 0) is 6.54 Å². The van der Waals surface area contributed by atoms with Crippen molar-refractivity contribution in [2.75, 3.05) is 32.7 Å². The van der Waals surface area contributed by atoms with Crippen LogP contribution < -0.4 is 5.32 Å². The summed E-state index contributed by atoms with van der Waals surface area (Å²) < 4.78 is 0. The Morgan fingerprint density at radius 3 is 2.43 bits per heavy atom. The Morgan fingerprint density at radius 1 is 0.900 bits per heavy atom. The summed E-state index contributed by atoms with van der Waals surface area (Å²) in [5, 5.41) is 4.52. The lowest BCUT2D eigenvalue weighted by Gasteiger charge is -2.37. The van der Waals surface area contributed by atoms with Crippen LogP contribution in [0.4, 0.5) is 0 Å². The van der Waals surface area contributed by atoms with Crippen LogP contribution in [-0.4, -0.2) is 47.5 Å². The summed E-state index contributed by atoms with van der Waals surface area (Å²) in [5.74, 6) is 0. The minimum Gasteiger partial charge on any atom is -0.387 e. The average molecular weight is 403 g/mol. The van der Waals surface area contributed by atoms with E-state index in [0.717, 1.165) is 39.3 Å². The van der Waals surface area contributed by atoms with E-state index in [4.69, 9.17) is 0 Å². The molecule has 4 nitrogen and oxygen atoms in total. The van der Waals surface area contributed by atoms with E-state index in [1.807, 2.05) is 13.8 Å². The Hall–Kier alpha value is -2.98. The number of nitrogens with zero attached hydrogens (tertiary/aromatic N) is 2. The Morgan fingerprint density at radius 2 is 1.70 bits per heavy atom. The minimum absolute atomic E-state index is 0. The highest BCUT2D eigenvalue weighted by atomic mass is 15.3. The zero-order chi connectivity index (χ0) is 20.8. The van der Waals surface area contributed by atoms with Crippen molar-refractivity contribution in [2.24, 2.45) is 0 Å². The molecule has 2 N–H and O–H groups in total. The number of hydrogen-bond acceptors (Lipinski definition) is 3. The predicted molar refractivity (Wildman–Crippen MR) is 129 cm³/mol. The number of nitrogens with one attached hydrogen (secondary N) is 2. The Labute approximate surface area is 181 Å². The van der Waals surface area contributed by atoms with Crippen molar-refractivity contribution in [2.45, 2.75) is 20.4 Å². The number of benzene rings is 2. The molecule has 0 spiro atoms. The van der Waals surface area contributed by atoms with Crippen LogP contribution >= 0.6 is 0 Å². The van der Waals surface area contributed by atoms with Crippen LogP contribution in [0.25, 0.3) is 22.0 Å². The lowest BCUT2D eigenvalue weighted by molar-refractivity contribution is 0.154. The fourth-order valence-corrected chi connectivity index (χ4v) is 4.17. The van der Waals surface area contributed by atoms with Crippen molar-refractivity contribution in [3.63, 3.8) is 0 Å². The van der Waals surface area contributed by atoms with E-state index in [1.165, 1.54) is 33.4 Å². The molecule has 0 saturated carbocycles. The van der Waals surface area contributed by atoms with E-state index in [-0.39, 0.29) is 1.43 Å². The highest BCUT2D eigenvalue weighted by Crippen LogP contribution is 2.25. The summed E-state index contributed by atoms with van der Waals surface area (Å²) >= 11 is 0. The molecule has 0 atom stereocenters. The van der Waals surface area contributed by atoms with Crippen LogP contribution in [0.1, 0.15) is 21.0 Å². The fraction of sp³-hybridized carbons (Fsp3) is 0.308. The van der Waals surface area contributed by atoms with Gasteiger partial charge in [0.25, 0.3) is 0 Å². The van der Waals surface area contributed by atoms with E-state index >= 15 is 0 Å². The highest BCUT2D eigenvalue weighted by molar-refractivity contribution is 5.85. The number of hydrogen-bond donors (Lipinski definition) is 2. The smallest absolute Gasteiger partial charge is 0.0456 e. The summed E-state index contributed by atoms with van der Waals surface area (Å²) in [4.78, 5) is 8.65. The Balaban J connectivity index is 0.000000883. The SMILES string of the molecule is C1=CC(N2CCN(Cc3cc4cc(-c5ccccc5)ccc4[nH]3)CC2)=CCN1.CC.[HH]. The molecule has 4 heteroatoms. The largest absolute Gasteiger partial charge is 0.387 e. The number of fused-ring (bicyclic) bond motifs is 1. The summed E-state index contributed by atoms with van der Waals surface area (Å²) in [7, 11) is 0. The second-order valence-corrected chi connectivity index (χ2v) is 7.60. The maximum atomic E-state index is 3.61. The average Bonchev–Trinajstić information content (AvgIpc) is 3.23. The van der Waals surface area contributed by atoms with E-state index in [1.54, 1.807) is 0 Å². The van der Waals surface area contributed by atoms with Crippen molar-refractivity contribution >= 4 is 10.9 Å². The molecule has 0 amide bonds. The lowest BCUT2D eigenvalue weighted by atomic mass is 10.0. The van der Waals surface area contributed by atoms with Crippen molar-refractivity contribution in [1.82, 2.24) is 20.1 Å². The quantitative estimate of drug-likeness (QED) is 0.627. The molecule has 30 heavy (non-hydrogen) atoms. The lowest BCUT2D eigenvalue weighted by Crippen LogP contribution is -2.45. The van der Waals surface area contributed by atoms with Crippen molar-refractivity contribution in [1.29, 1.82) is 0 Å². The second kappa shape index (κ2) is 9.68. The predicted octanol–water partition coefficient (Wildman–Crippen LogP) is 5.23. The molecule has 2 aliphatic heterocycles. The first-order valence-electron chi connectivity index (χ1n) is 11.1. The van der Waals surface area contributed by atoms with Crippen LogP contribution in [0, 0.1) is 0 Å². The first-order chi connectivity index (χ1) is 14.8. The van der Waals surface area contributed by atoms with E-state index in [9.17, 15) is 0 Å². The summed E-state index contributed by atoms with van der Waals surface area (Å²) in [5.41, 5.74) is 6.42. The highest BCUT2D eigenvalue weighted by Gasteiger charge is 2.19. The van der Waals surface area contributed by atoms with Gasteiger partial charge in [0.05, 0.1) is 0 Å². The molecule has 0 bridgehead atoms. The first-order valence-corrected chi connectivity index (χ1v) is 11.1. The van der Waals surface area contributed by atoms with Crippen LogP contribution in [0.15, 0.2) is 78.6 Å². The summed E-state index contributed by atoms with van der Waals surface area (Å²) in [6.07, 6.45) is 6.51. The van der Waals surface area contributed by atoms with Gasteiger partial charge in [-0.1, -0.05) is 50.2 Å². The number of H-pyrrole nitrogens is 1. The molecule has 2 aromatic carbocycles. The molecular formula is C26H34N4. The molecule has 1 aromatic heterocycles. The van der Waals surface area contributed by atoms with Crippen molar-refractivity contribution in [3.05, 3.63) is 84.3 Å². The maximum Gasteiger partial charge on any atom is 0.0456 e. The Bertz CT molecular complexity index is 1010. The van der Waals surface area contributed by atoms with Crippen LogP contribution in [0.5, 0.6) is 0 Å². The second-order valence-electron chi connectivity index (χ2n) is 7.60. The molecule has 2 aliphatic rings. The van der Waals surface area contributed by atoms with Gasteiger partial charge >= 0.3 is 0 Å². The molecule has 1 fully saturated rings. The van der Waals surface area contributed by atoms with Gasteiger partial charge in [-0.05, 0) is 47.7 Å². The molecule has 158 valence electrons. The van der Waals surface area contributed by atoms with Crippen LogP contribution in [0.3, 0.4) is 0 Å². The third kappa shape index (κ3) is 4.60. The van der Waals surface area contributed by atoms with Gasteiger partial charge in [0, 0.05) is 63.0 Å².